The molecule has 0 bridgehead atoms. The van der Waals surface area contributed by atoms with Crippen molar-refractivity contribution in [3.05, 3.63) is 45.4 Å². The van der Waals surface area contributed by atoms with E-state index >= 15 is 0 Å². The fraction of sp³-hybridized carbons (Fsp3) is 0.353. The molecule has 0 spiro atoms. The Hall–Kier alpha value is -2.63. The van der Waals surface area contributed by atoms with E-state index in [1.54, 1.807) is 10.9 Å². The smallest absolute Gasteiger partial charge is 0.298 e. The second-order valence-electron chi connectivity index (χ2n) is 6.16. The number of nitrogens with one attached hydrogen (secondary N) is 1. The minimum Gasteiger partial charge on any atom is -0.468 e. The van der Waals surface area contributed by atoms with Crippen LogP contribution in [0.25, 0.3) is 16.7 Å². The molecule has 2 aromatic heterocycles. The quantitative estimate of drug-likeness (QED) is 0.807. The van der Waals surface area contributed by atoms with Gasteiger partial charge in [-0.2, -0.15) is 4.98 Å². The minimum atomic E-state index is -0.247. The normalized spacial score (nSPS) is 14.4. The lowest BCUT2D eigenvalue weighted by Crippen LogP contribution is -2.08. The number of ether oxygens (including phenoxy) is 1. The van der Waals surface area contributed by atoms with Crippen molar-refractivity contribution in [3.63, 3.8) is 0 Å². The average Bonchev–Trinajstić information content (AvgIpc) is 3.27. The molecule has 0 unspecified atom stereocenters. The third-order valence-electron chi connectivity index (χ3n) is 4.35. The molecule has 6 heteroatoms. The van der Waals surface area contributed by atoms with E-state index in [2.05, 4.69) is 41.0 Å². The molecule has 1 aromatic carbocycles. The lowest BCUT2D eigenvalue weighted by Gasteiger charge is -2.12. The number of hydrogen-bond donors (Lipinski definition) is 1. The lowest BCUT2D eigenvalue weighted by molar-refractivity contribution is 0.380. The monoisotopic (exact) mass is 310 g/mol. The third kappa shape index (κ3) is 2.30. The molecule has 0 amide bonds. The molecule has 2 heterocycles. The van der Waals surface area contributed by atoms with Crippen LogP contribution in [0.3, 0.4) is 0 Å². The molecular weight excluding hydrogens is 292 g/mol. The van der Waals surface area contributed by atoms with Gasteiger partial charge < -0.3 is 4.74 Å². The maximum absolute atomic E-state index is 12.1. The van der Waals surface area contributed by atoms with Crippen LogP contribution in [0.5, 0.6) is 6.01 Å². The number of hydrogen-bond acceptors (Lipinski definition) is 4. The molecule has 0 atom stereocenters. The van der Waals surface area contributed by atoms with E-state index in [1.165, 1.54) is 25.5 Å². The average molecular weight is 310 g/mol. The van der Waals surface area contributed by atoms with E-state index < -0.39 is 0 Å². The highest BCUT2D eigenvalue weighted by molar-refractivity contribution is 5.74. The summed E-state index contributed by atoms with van der Waals surface area (Å²) >= 11 is 0. The fourth-order valence-corrected chi connectivity index (χ4v) is 3.11. The number of aromatic amines is 1. The van der Waals surface area contributed by atoms with Gasteiger partial charge in [-0.3, -0.25) is 9.78 Å². The highest BCUT2D eigenvalue weighted by atomic mass is 16.5. The molecule has 1 N–H and O–H groups in total. The summed E-state index contributed by atoms with van der Waals surface area (Å²) in [7, 11) is 1.46. The van der Waals surface area contributed by atoms with E-state index in [4.69, 9.17) is 4.74 Å². The summed E-state index contributed by atoms with van der Waals surface area (Å²) in [5.41, 5.74) is 4.86. The van der Waals surface area contributed by atoms with Gasteiger partial charge in [0.25, 0.3) is 11.6 Å². The largest absolute Gasteiger partial charge is 0.468 e. The first-order chi connectivity index (χ1) is 11.1. The summed E-state index contributed by atoms with van der Waals surface area (Å²) in [5, 5.41) is 4.92. The molecule has 6 nitrogen and oxygen atoms in total. The molecule has 1 aliphatic rings. The number of methoxy groups -OCH3 is 1. The Bertz CT molecular complexity index is 943. The topological polar surface area (TPSA) is 72.8 Å². The molecule has 118 valence electrons. The molecule has 1 fully saturated rings. The molecule has 23 heavy (non-hydrogen) atoms. The number of nitrogens with zero attached hydrogens (tertiary/aromatic N) is 3. The predicted molar refractivity (Wildman–Crippen MR) is 87.5 cm³/mol. The van der Waals surface area contributed by atoms with Gasteiger partial charge in [-0.05, 0) is 49.3 Å². The van der Waals surface area contributed by atoms with Crippen molar-refractivity contribution >= 4 is 11.0 Å². The Morgan fingerprint density at radius 3 is 2.57 bits per heavy atom. The Kier molecular flexibility index (Phi) is 3.01. The first kappa shape index (κ1) is 14.0. The number of fused-ring (bicyclic) bond motifs is 1. The zero-order chi connectivity index (χ0) is 16.1. The number of rotatable bonds is 3. The summed E-state index contributed by atoms with van der Waals surface area (Å²) < 4.78 is 6.74. The first-order valence-electron chi connectivity index (χ1n) is 7.72. The lowest BCUT2D eigenvalue weighted by atomic mass is 10.0. The summed E-state index contributed by atoms with van der Waals surface area (Å²) in [6.07, 6.45) is 4.29. The number of aryl methyl sites for hydroxylation is 2. The summed E-state index contributed by atoms with van der Waals surface area (Å²) in [5.74, 6) is 0.715. The van der Waals surface area contributed by atoms with Crippen LogP contribution >= 0.6 is 0 Å². The Labute approximate surface area is 133 Å². The number of H-pyrrole nitrogens is 1. The highest BCUT2D eigenvalue weighted by Gasteiger charge is 2.25. The van der Waals surface area contributed by atoms with Gasteiger partial charge in [-0.25, -0.2) is 4.68 Å². The van der Waals surface area contributed by atoms with Crippen molar-refractivity contribution in [2.24, 2.45) is 0 Å². The standard InChI is InChI=1S/C17H18N4O2/c1-9-6-12(11-4-5-11)7-10(2)14(9)21-8-13-15(20-21)18-17(23-3)19-16(13)22/h6-8,11H,4-5H2,1-3H3,(H,18,19,20,22). The summed E-state index contributed by atoms with van der Waals surface area (Å²) in [6.45, 7) is 4.16. The maximum Gasteiger partial charge on any atom is 0.298 e. The van der Waals surface area contributed by atoms with Crippen LogP contribution in [0, 0.1) is 13.8 Å². The molecule has 4 rings (SSSR count). The second-order valence-corrected chi connectivity index (χ2v) is 6.16. The van der Waals surface area contributed by atoms with E-state index in [0.717, 1.165) is 16.8 Å². The molecule has 1 aliphatic carbocycles. The van der Waals surface area contributed by atoms with Crippen molar-refractivity contribution < 1.29 is 4.74 Å². The van der Waals surface area contributed by atoms with Crippen molar-refractivity contribution in [2.75, 3.05) is 7.11 Å². The summed E-state index contributed by atoms with van der Waals surface area (Å²) in [6, 6.07) is 4.63. The number of aromatic nitrogens is 4. The van der Waals surface area contributed by atoms with Crippen molar-refractivity contribution in [1.29, 1.82) is 0 Å². The van der Waals surface area contributed by atoms with Gasteiger partial charge in [-0.1, -0.05) is 12.1 Å². The number of benzene rings is 1. The fourth-order valence-electron chi connectivity index (χ4n) is 3.11. The summed E-state index contributed by atoms with van der Waals surface area (Å²) in [4.78, 5) is 18.9. The van der Waals surface area contributed by atoms with Crippen LogP contribution in [0.1, 0.15) is 35.4 Å². The molecule has 0 radical (unpaired) electrons. The predicted octanol–water partition coefficient (Wildman–Crippen LogP) is 2.61. The van der Waals surface area contributed by atoms with Gasteiger partial charge >= 0.3 is 0 Å². The maximum atomic E-state index is 12.1. The zero-order valence-electron chi connectivity index (χ0n) is 13.4. The van der Waals surface area contributed by atoms with Crippen molar-refractivity contribution in [3.8, 4) is 11.7 Å². The van der Waals surface area contributed by atoms with Crippen LogP contribution in [0.4, 0.5) is 0 Å². The molecular formula is C17H18N4O2. The Morgan fingerprint density at radius 1 is 1.26 bits per heavy atom. The van der Waals surface area contributed by atoms with Crippen molar-refractivity contribution in [2.45, 2.75) is 32.6 Å². The van der Waals surface area contributed by atoms with E-state index in [1.807, 2.05) is 0 Å². The van der Waals surface area contributed by atoms with Gasteiger partial charge in [0.1, 0.15) is 5.39 Å². The molecule has 0 saturated heterocycles. The van der Waals surface area contributed by atoms with Crippen LogP contribution in [-0.4, -0.2) is 26.9 Å². The zero-order valence-corrected chi connectivity index (χ0v) is 13.4. The second kappa shape index (κ2) is 4.94. The third-order valence-corrected chi connectivity index (χ3v) is 4.35. The van der Waals surface area contributed by atoms with Gasteiger partial charge in [0, 0.05) is 6.20 Å². The van der Waals surface area contributed by atoms with Crippen LogP contribution < -0.4 is 10.3 Å². The molecule has 0 aliphatic heterocycles. The van der Waals surface area contributed by atoms with E-state index in [-0.39, 0.29) is 11.6 Å². The minimum absolute atomic E-state index is 0.172. The van der Waals surface area contributed by atoms with E-state index in [0.29, 0.717) is 17.0 Å². The van der Waals surface area contributed by atoms with Gasteiger partial charge in [-0.15, -0.1) is 5.10 Å². The van der Waals surface area contributed by atoms with Crippen LogP contribution in [0.2, 0.25) is 0 Å². The van der Waals surface area contributed by atoms with E-state index in [9.17, 15) is 4.79 Å². The Morgan fingerprint density at radius 2 is 1.96 bits per heavy atom. The molecule has 1 saturated carbocycles. The first-order valence-corrected chi connectivity index (χ1v) is 7.72. The van der Waals surface area contributed by atoms with Gasteiger partial charge in [0.2, 0.25) is 0 Å². The molecule has 3 aromatic rings. The SMILES string of the molecule is COc1nc2nn(-c3c(C)cc(C4CC4)cc3C)cc2c(=O)[nH]1. The highest BCUT2D eigenvalue weighted by Crippen LogP contribution is 2.41. The van der Waals surface area contributed by atoms with Gasteiger partial charge in [0.15, 0.2) is 5.65 Å². The van der Waals surface area contributed by atoms with Crippen LogP contribution in [-0.2, 0) is 0 Å². The van der Waals surface area contributed by atoms with Crippen molar-refractivity contribution in [1.82, 2.24) is 19.7 Å². The Balaban J connectivity index is 1.89. The van der Waals surface area contributed by atoms with Crippen LogP contribution in [0.15, 0.2) is 23.1 Å². The van der Waals surface area contributed by atoms with Gasteiger partial charge in [0.05, 0.1) is 12.8 Å².